The van der Waals surface area contributed by atoms with E-state index in [1.165, 1.54) is 12.1 Å². The maximum absolute atomic E-state index is 13.1. The van der Waals surface area contributed by atoms with Crippen LogP contribution in [0.25, 0.3) is 0 Å². The number of rotatable bonds is 4. The molecule has 2 N–H and O–H groups in total. The smallest absolute Gasteiger partial charge is 0.261 e. The minimum atomic E-state index is -3.82. The molecule has 3 aromatic carbocycles. The van der Waals surface area contributed by atoms with Crippen LogP contribution in [0.5, 0.6) is 0 Å². The highest BCUT2D eigenvalue weighted by atomic mass is 35.5. The largest absolute Gasteiger partial charge is 0.378 e. The fourth-order valence-corrected chi connectivity index (χ4v) is 6.40. The summed E-state index contributed by atoms with van der Waals surface area (Å²) in [6.45, 7) is 0. The first-order chi connectivity index (χ1) is 15.3. The lowest BCUT2D eigenvalue weighted by Gasteiger charge is -2.37. The molecule has 0 aromatic heterocycles. The topological polar surface area (TPSA) is 58.2 Å². The van der Waals surface area contributed by atoms with Gasteiger partial charge in [0.15, 0.2) is 0 Å². The van der Waals surface area contributed by atoms with Gasteiger partial charge in [0.1, 0.15) is 0 Å². The second-order valence-corrected chi connectivity index (χ2v) is 11.0. The predicted octanol–water partition coefficient (Wildman–Crippen LogP) is 7.27. The number of nitrogens with one attached hydrogen (secondary N) is 2. The minimum Gasteiger partial charge on any atom is -0.378 e. The molecule has 0 bridgehead atoms. The van der Waals surface area contributed by atoms with Crippen LogP contribution in [0.2, 0.25) is 15.1 Å². The Morgan fingerprint density at radius 2 is 1.69 bits per heavy atom. The van der Waals surface area contributed by atoms with Crippen LogP contribution in [-0.2, 0) is 10.0 Å². The van der Waals surface area contributed by atoms with Gasteiger partial charge in [-0.1, -0.05) is 59.1 Å². The lowest BCUT2D eigenvalue weighted by molar-refractivity contribution is 0.425. The van der Waals surface area contributed by atoms with Gasteiger partial charge in [-0.2, -0.15) is 0 Å². The average molecular weight is 506 g/mol. The highest BCUT2D eigenvalue weighted by Gasteiger charge is 2.38. The molecular weight excluding hydrogens is 487 g/mol. The van der Waals surface area contributed by atoms with E-state index < -0.39 is 10.0 Å². The maximum Gasteiger partial charge on any atom is 0.261 e. The summed E-state index contributed by atoms with van der Waals surface area (Å²) in [7, 11) is -3.82. The summed E-state index contributed by atoms with van der Waals surface area (Å²) in [6, 6.07) is 17.7. The Kier molecular flexibility index (Phi) is 5.62. The van der Waals surface area contributed by atoms with Crippen LogP contribution in [0.3, 0.4) is 0 Å². The first-order valence-corrected chi connectivity index (χ1v) is 12.7. The molecule has 164 valence electrons. The molecular formula is C24H19Cl3N2O2S. The number of halogens is 3. The van der Waals surface area contributed by atoms with Crippen LogP contribution >= 0.6 is 34.8 Å². The van der Waals surface area contributed by atoms with Gasteiger partial charge in [0.2, 0.25) is 0 Å². The molecule has 1 aliphatic heterocycles. The van der Waals surface area contributed by atoms with Crippen LogP contribution in [0.4, 0.5) is 11.4 Å². The fraction of sp³-hybridized carbons (Fsp3) is 0.167. The zero-order valence-electron chi connectivity index (χ0n) is 16.7. The van der Waals surface area contributed by atoms with E-state index in [1.54, 1.807) is 18.2 Å². The number of fused-ring (bicyclic) bond motifs is 3. The summed E-state index contributed by atoms with van der Waals surface area (Å²) in [4.78, 5) is 0.189. The molecule has 0 saturated carbocycles. The molecule has 0 unspecified atom stereocenters. The van der Waals surface area contributed by atoms with Gasteiger partial charge >= 0.3 is 0 Å². The van der Waals surface area contributed by atoms with Crippen LogP contribution in [0.1, 0.15) is 29.5 Å². The molecule has 0 fully saturated rings. The van der Waals surface area contributed by atoms with E-state index in [1.807, 2.05) is 24.3 Å². The number of hydrogen-bond donors (Lipinski definition) is 2. The van der Waals surface area contributed by atoms with E-state index in [0.29, 0.717) is 20.8 Å². The van der Waals surface area contributed by atoms with Gasteiger partial charge in [-0.15, -0.1) is 0 Å². The van der Waals surface area contributed by atoms with Crippen molar-refractivity contribution in [1.29, 1.82) is 0 Å². The highest BCUT2D eigenvalue weighted by Crippen LogP contribution is 2.50. The SMILES string of the molecule is O=S(=O)(Nc1cc(Cl)cc(Cl)c1)c1ccc2c(c1)[C@H]1C=CC[C@H]1[C@@H](c1cccc(Cl)c1)N2. The molecule has 1 heterocycles. The van der Waals surface area contributed by atoms with E-state index in [0.717, 1.165) is 23.2 Å². The Morgan fingerprint density at radius 1 is 0.906 bits per heavy atom. The van der Waals surface area contributed by atoms with E-state index in [9.17, 15) is 8.42 Å². The lowest BCUT2D eigenvalue weighted by atomic mass is 9.77. The van der Waals surface area contributed by atoms with Gasteiger partial charge in [-0.05, 0) is 72.0 Å². The Hall–Kier alpha value is -2.18. The van der Waals surface area contributed by atoms with Gasteiger partial charge in [-0.25, -0.2) is 8.42 Å². The van der Waals surface area contributed by atoms with Gasteiger partial charge < -0.3 is 5.32 Å². The van der Waals surface area contributed by atoms with Crippen LogP contribution in [-0.4, -0.2) is 8.42 Å². The van der Waals surface area contributed by atoms with Gasteiger partial charge in [0, 0.05) is 26.7 Å². The maximum atomic E-state index is 13.1. The van der Waals surface area contributed by atoms with Crippen molar-refractivity contribution in [3.8, 4) is 0 Å². The van der Waals surface area contributed by atoms with E-state index in [4.69, 9.17) is 34.8 Å². The summed E-state index contributed by atoms with van der Waals surface area (Å²) in [5.41, 5.74) is 3.33. The fourth-order valence-electron chi connectivity index (χ4n) is 4.60. The molecule has 2 aliphatic rings. The Labute approximate surface area is 202 Å². The summed E-state index contributed by atoms with van der Waals surface area (Å²) >= 11 is 18.3. The molecule has 3 aromatic rings. The van der Waals surface area contributed by atoms with Crippen molar-refractivity contribution in [2.75, 3.05) is 10.0 Å². The quantitative estimate of drug-likeness (QED) is 0.366. The van der Waals surface area contributed by atoms with Crippen LogP contribution in [0.15, 0.2) is 77.7 Å². The molecule has 0 radical (unpaired) electrons. The molecule has 0 spiro atoms. The van der Waals surface area contributed by atoms with Crippen molar-refractivity contribution < 1.29 is 8.42 Å². The summed E-state index contributed by atoms with van der Waals surface area (Å²) in [5, 5.41) is 5.02. The first-order valence-electron chi connectivity index (χ1n) is 10.1. The van der Waals surface area contributed by atoms with Crippen LogP contribution in [0, 0.1) is 5.92 Å². The third kappa shape index (κ3) is 4.11. The van der Waals surface area contributed by atoms with Crippen molar-refractivity contribution in [2.45, 2.75) is 23.3 Å². The van der Waals surface area contributed by atoms with Crippen LogP contribution < -0.4 is 10.0 Å². The second-order valence-electron chi connectivity index (χ2n) is 8.04. The molecule has 5 rings (SSSR count). The van der Waals surface area contributed by atoms with Gasteiger partial charge in [-0.3, -0.25) is 4.72 Å². The molecule has 4 nitrogen and oxygen atoms in total. The Balaban J connectivity index is 1.49. The van der Waals surface area contributed by atoms with E-state index in [2.05, 4.69) is 28.3 Å². The zero-order chi connectivity index (χ0) is 22.5. The first kappa shape index (κ1) is 21.7. The number of anilines is 2. The number of allylic oxidation sites excluding steroid dienone is 2. The molecule has 8 heteroatoms. The third-order valence-corrected chi connectivity index (χ3v) is 8.02. The number of hydrogen-bond acceptors (Lipinski definition) is 3. The van der Waals surface area contributed by atoms with Crippen molar-refractivity contribution >= 4 is 56.2 Å². The second kappa shape index (κ2) is 8.31. The Bertz CT molecular complexity index is 1320. The predicted molar refractivity (Wildman–Crippen MR) is 132 cm³/mol. The summed E-state index contributed by atoms with van der Waals surface area (Å²) in [6.07, 6.45) is 5.24. The van der Waals surface area contributed by atoms with Crippen molar-refractivity contribution in [3.63, 3.8) is 0 Å². The monoisotopic (exact) mass is 504 g/mol. The van der Waals surface area contributed by atoms with Gasteiger partial charge in [0.25, 0.3) is 10.0 Å². The molecule has 3 atom stereocenters. The average Bonchev–Trinajstić information content (AvgIpc) is 3.22. The van der Waals surface area contributed by atoms with Crippen molar-refractivity contribution in [2.24, 2.45) is 5.92 Å². The standard InChI is InChI=1S/C24H19Cl3N2O2S/c25-15-4-1-3-14(9-15)24-21-6-2-5-20(21)22-13-19(7-8-23(22)28-24)32(30,31)29-18-11-16(26)10-17(27)12-18/h1-5,7-13,20-21,24,28-29H,6H2/t20-,21+,24+/m0/s1. The third-order valence-electron chi connectivity index (χ3n) is 5.97. The molecule has 0 amide bonds. The van der Waals surface area contributed by atoms with E-state index in [-0.39, 0.29) is 22.8 Å². The van der Waals surface area contributed by atoms with Crippen molar-refractivity contribution in [3.05, 3.63) is 99.0 Å². The van der Waals surface area contributed by atoms with E-state index >= 15 is 0 Å². The Morgan fingerprint density at radius 3 is 2.44 bits per heavy atom. The minimum absolute atomic E-state index is 0.0929. The normalized spacial score (nSPS) is 21.5. The lowest BCUT2D eigenvalue weighted by Crippen LogP contribution is -2.29. The number of sulfonamides is 1. The van der Waals surface area contributed by atoms with Crippen molar-refractivity contribution in [1.82, 2.24) is 0 Å². The summed E-state index contributed by atoms with van der Waals surface area (Å²) in [5.74, 6) is 0.393. The molecule has 0 saturated heterocycles. The molecule has 1 aliphatic carbocycles. The zero-order valence-corrected chi connectivity index (χ0v) is 19.8. The number of benzene rings is 3. The highest BCUT2D eigenvalue weighted by molar-refractivity contribution is 7.92. The molecule has 32 heavy (non-hydrogen) atoms. The summed E-state index contributed by atoms with van der Waals surface area (Å²) < 4.78 is 28.7. The van der Waals surface area contributed by atoms with Gasteiger partial charge in [0.05, 0.1) is 16.6 Å².